The Kier molecular flexibility index (Phi) is 9.76. The first kappa shape index (κ1) is 26.0. The number of benzene rings is 1. The number of thioether (sulfide) groups is 1. The number of hydrogen-bond acceptors (Lipinski definition) is 7. The minimum atomic E-state index is -0.265. The van der Waals surface area contributed by atoms with Gasteiger partial charge in [-0.15, -0.1) is 11.8 Å². The average Bonchev–Trinajstić information content (AvgIpc) is 3.49. The Hall–Kier alpha value is -2.59. The molecular formula is C24H32N4O4S2. The predicted octanol–water partition coefficient (Wildman–Crippen LogP) is 5.12. The number of ether oxygens (including phenoxy) is 1. The summed E-state index contributed by atoms with van der Waals surface area (Å²) in [6, 6.07) is 6.94. The Morgan fingerprint density at radius 1 is 1.24 bits per heavy atom. The highest BCUT2D eigenvalue weighted by Gasteiger charge is 2.25. The summed E-state index contributed by atoms with van der Waals surface area (Å²) in [4.78, 5) is 44.9. The molecule has 3 amide bonds. The van der Waals surface area contributed by atoms with Gasteiger partial charge in [0.1, 0.15) is 0 Å². The third kappa shape index (κ3) is 7.46. The summed E-state index contributed by atoms with van der Waals surface area (Å²) >= 11 is 2.88. The van der Waals surface area contributed by atoms with Crippen molar-refractivity contribution in [2.75, 3.05) is 43.2 Å². The molecule has 0 aliphatic heterocycles. The van der Waals surface area contributed by atoms with E-state index < -0.39 is 0 Å². The Morgan fingerprint density at radius 2 is 2.00 bits per heavy atom. The topological polar surface area (TPSA) is 91.8 Å². The van der Waals surface area contributed by atoms with Crippen LogP contribution in [-0.2, 0) is 9.53 Å². The van der Waals surface area contributed by atoms with Gasteiger partial charge in [-0.05, 0) is 43.9 Å². The molecule has 1 aromatic carbocycles. The van der Waals surface area contributed by atoms with E-state index in [9.17, 15) is 14.4 Å². The zero-order chi connectivity index (χ0) is 24.5. The number of nitrogens with zero attached hydrogens (tertiary/aromatic N) is 3. The van der Waals surface area contributed by atoms with E-state index >= 15 is 0 Å². The second kappa shape index (κ2) is 12.8. The highest BCUT2D eigenvalue weighted by Crippen LogP contribution is 2.31. The molecule has 1 aromatic heterocycles. The number of hydrogen-bond donors (Lipinski definition) is 1. The number of esters is 1. The minimum absolute atomic E-state index is 0.104. The van der Waals surface area contributed by atoms with Crippen LogP contribution in [0.25, 0.3) is 0 Å². The van der Waals surface area contributed by atoms with Crippen molar-refractivity contribution in [3.8, 4) is 0 Å². The molecule has 0 spiro atoms. The van der Waals surface area contributed by atoms with Gasteiger partial charge in [0.2, 0.25) is 0 Å². The van der Waals surface area contributed by atoms with E-state index in [0.29, 0.717) is 47.6 Å². The molecule has 0 unspecified atom stereocenters. The molecule has 1 heterocycles. The van der Waals surface area contributed by atoms with Gasteiger partial charge in [-0.2, -0.15) is 0 Å². The zero-order valence-corrected chi connectivity index (χ0v) is 21.5. The molecule has 1 fully saturated rings. The second-order valence-corrected chi connectivity index (χ2v) is 10.8. The summed E-state index contributed by atoms with van der Waals surface area (Å²) in [5.74, 6) is 0.705. The minimum Gasteiger partial charge on any atom is -0.466 e. The van der Waals surface area contributed by atoms with Crippen LogP contribution in [0.4, 0.5) is 15.6 Å². The normalized spacial score (nSPS) is 13.5. The summed E-state index contributed by atoms with van der Waals surface area (Å²) < 4.78 is 5.86. The number of carbonyl (C=O) groups is 3. The van der Waals surface area contributed by atoms with Gasteiger partial charge in [0.05, 0.1) is 23.4 Å². The van der Waals surface area contributed by atoms with Crippen LogP contribution in [0.3, 0.4) is 0 Å². The van der Waals surface area contributed by atoms with Crippen LogP contribution < -0.4 is 10.2 Å². The fourth-order valence-corrected chi connectivity index (χ4v) is 5.69. The van der Waals surface area contributed by atoms with Crippen LogP contribution in [0.15, 0.2) is 34.7 Å². The van der Waals surface area contributed by atoms with Crippen LogP contribution in [0.2, 0.25) is 0 Å². The van der Waals surface area contributed by atoms with Crippen LogP contribution >= 0.6 is 23.1 Å². The van der Waals surface area contributed by atoms with Gasteiger partial charge < -0.3 is 9.64 Å². The van der Waals surface area contributed by atoms with Crippen molar-refractivity contribution >= 4 is 51.8 Å². The van der Waals surface area contributed by atoms with Gasteiger partial charge >= 0.3 is 12.0 Å². The molecule has 1 aliphatic rings. The Labute approximate surface area is 209 Å². The lowest BCUT2D eigenvalue weighted by Gasteiger charge is -2.26. The number of anilines is 2. The highest BCUT2D eigenvalue weighted by atomic mass is 32.2. The van der Waals surface area contributed by atoms with Gasteiger partial charge in [-0.1, -0.05) is 30.2 Å². The molecule has 8 nitrogen and oxygen atoms in total. The van der Waals surface area contributed by atoms with Gasteiger partial charge in [-0.3, -0.25) is 19.8 Å². The van der Waals surface area contributed by atoms with Gasteiger partial charge in [0.15, 0.2) is 5.13 Å². The lowest BCUT2D eigenvalue weighted by atomic mass is 10.1. The summed E-state index contributed by atoms with van der Waals surface area (Å²) in [5, 5.41) is 3.42. The number of thiazole rings is 1. The van der Waals surface area contributed by atoms with Crippen molar-refractivity contribution in [3.05, 3.63) is 36.0 Å². The SMILES string of the molecule is CCOC(=O)CCSc1cnc(NC(=O)N(CC2CCCC2)c2cccc(C(=O)N(C)C)c2)s1. The molecule has 1 N–H and O–H groups in total. The number of rotatable bonds is 10. The number of aromatic nitrogens is 1. The van der Waals surface area contributed by atoms with Crippen LogP contribution in [-0.4, -0.2) is 60.8 Å². The Bertz CT molecular complexity index is 989. The second-order valence-electron chi connectivity index (χ2n) is 8.33. The lowest BCUT2D eigenvalue weighted by molar-refractivity contribution is -0.142. The van der Waals surface area contributed by atoms with E-state index in [0.717, 1.165) is 17.1 Å². The van der Waals surface area contributed by atoms with E-state index in [1.807, 2.05) is 12.1 Å². The number of amides is 3. The van der Waals surface area contributed by atoms with Crippen LogP contribution in [0, 0.1) is 5.92 Å². The summed E-state index contributed by atoms with van der Waals surface area (Å²) in [6.07, 6.45) is 6.58. The van der Waals surface area contributed by atoms with Crippen molar-refractivity contribution in [1.29, 1.82) is 0 Å². The predicted molar refractivity (Wildman–Crippen MR) is 137 cm³/mol. The van der Waals surface area contributed by atoms with Crippen molar-refractivity contribution in [3.63, 3.8) is 0 Å². The van der Waals surface area contributed by atoms with E-state index in [1.165, 1.54) is 40.8 Å². The monoisotopic (exact) mass is 504 g/mol. The van der Waals surface area contributed by atoms with Crippen LogP contribution in [0.5, 0.6) is 0 Å². The maximum Gasteiger partial charge on any atom is 0.328 e. The smallest absolute Gasteiger partial charge is 0.328 e. The standard InChI is InChI=1S/C24H32N4O4S2/c1-4-32-20(29)12-13-33-21-15-25-23(34-21)26-24(31)28(16-17-8-5-6-9-17)19-11-7-10-18(14-19)22(30)27(2)3/h7,10-11,14-15,17H,4-6,8-9,12-13,16H2,1-3H3,(H,25,26,31). The van der Waals surface area contributed by atoms with E-state index in [2.05, 4.69) is 10.3 Å². The first-order valence-corrected chi connectivity index (χ1v) is 13.3. The molecule has 1 aliphatic carbocycles. The molecule has 0 atom stereocenters. The Balaban J connectivity index is 1.69. The first-order valence-electron chi connectivity index (χ1n) is 11.5. The molecule has 1 saturated carbocycles. The molecule has 3 rings (SSSR count). The van der Waals surface area contributed by atoms with Crippen molar-refractivity contribution in [1.82, 2.24) is 9.88 Å². The van der Waals surface area contributed by atoms with Gasteiger partial charge in [0, 0.05) is 37.6 Å². The summed E-state index contributed by atoms with van der Waals surface area (Å²) in [7, 11) is 3.42. The van der Waals surface area contributed by atoms with Gasteiger partial charge in [0.25, 0.3) is 5.91 Å². The molecule has 10 heteroatoms. The number of carbonyl (C=O) groups excluding carboxylic acids is 3. The fraction of sp³-hybridized carbons (Fsp3) is 0.500. The van der Waals surface area contributed by atoms with Crippen molar-refractivity contribution < 1.29 is 19.1 Å². The molecular weight excluding hydrogens is 472 g/mol. The zero-order valence-electron chi connectivity index (χ0n) is 19.9. The summed E-state index contributed by atoms with van der Waals surface area (Å²) in [5.41, 5.74) is 1.24. The lowest BCUT2D eigenvalue weighted by Crippen LogP contribution is -2.38. The molecule has 34 heavy (non-hydrogen) atoms. The number of nitrogens with one attached hydrogen (secondary N) is 1. The fourth-order valence-electron chi connectivity index (χ4n) is 3.83. The van der Waals surface area contributed by atoms with E-state index in [1.54, 1.807) is 44.2 Å². The summed E-state index contributed by atoms with van der Waals surface area (Å²) in [6.45, 7) is 2.76. The molecule has 184 valence electrons. The highest BCUT2D eigenvalue weighted by molar-refractivity contribution is 8.01. The molecule has 0 saturated heterocycles. The largest absolute Gasteiger partial charge is 0.466 e. The Morgan fingerprint density at radius 3 is 2.71 bits per heavy atom. The third-order valence-corrected chi connectivity index (χ3v) is 7.63. The molecule has 2 aromatic rings. The van der Waals surface area contributed by atoms with E-state index in [-0.39, 0.29) is 17.9 Å². The van der Waals surface area contributed by atoms with Crippen molar-refractivity contribution in [2.45, 2.75) is 43.2 Å². The first-order chi connectivity index (χ1) is 16.4. The molecule has 0 radical (unpaired) electrons. The number of urea groups is 1. The maximum atomic E-state index is 13.3. The van der Waals surface area contributed by atoms with Crippen LogP contribution in [0.1, 0.15) is 49.4 Å². The molecule has 0 bridgehead atoms. The third-order valence-electron chi connectivity index (χ3n) is 5.53. The van der Waals surface area contributed by atoms with Gasteiger partial charge in [-0.25, -0.2) is 9.78 Å². The van der Waals surface area contributed by atoms with E-state index in [4.69, 9.17) is 4.74 Å². The van der Waals surface area contributed by atoms with Crippen molar-refractivity contribution in [2.24, 2.45) is 5.92 Å². The average molecular weight is 505 g/mol. The maximum absolute atomic E-state index is 13.3. The quantitative estimate of drug-likeness (QED) is 0.357.